The molecule has 1 atom stereocenters. The van der Waals surface area contributed by atoms with Crippen LogP contribution in [0.5, 0.6) is 0 Å². The van der Waals surface area contributed by atoms with Gasteiger partial charge >= 0.3 is 6.03 Å². The predicted octanol–water partition coefficient (Wildman–Crippen LogP) is 0.0697. The minimum Gasteiger partial charge on any atom is -0.379 e. The quantitative estimate of drug-likeness (QED) is 0.699. The van der Waals surface area contributed by atoms with E-state index in [-0.39, 0.29) is 6.03 Å². The average molecular weight is 413 g/mol. The Labute approximate surface area is 175 Å². The van der Waals surface area contributed by atoms with Gasteiger partial charge in [-0.2, -0.15) is 0 Å². The Morgan fingerprint density at radius 2 is 2.07 bits per heavy atom. The molecule has 5 aliphatic heterocycles. The third-order valence-corrected chi connectivity index (χ3v) is 7.47. The van der Waals surface area contributed by atoms with Crippen molar-refractivity contribution in [2.24, 2.45) is 5.92 Å². The molecule has 0 aromatic carbocycles. The summed E-state index contributed by atoms with van der Waals surface area (Å²) in [5, 5.41) is 4.38. The number of urea groups is 1. The number of nitrogens with one attached hydrogen (secondary N) is 1. The average Bonchev–Trinajstić information content (AvgIpc) is 3.17. The molecule has 5 aliphatic rings. The van der Waals surface area contributed by atoms with E-state index in [1.807, 2.05) is 6.20 Å². The highest BCUT2D eigenvalue weighted by Crippen LogP contribution is 2.27. The summed E-state index contributed by atoms with van der Waals surface area (Å²) >= 11 is 1.71. The van der Waals surface area contributed by atoms with Crippen molar-refractivity contribution in [1.29, 1.82) is 0 Å². The fourth-order valence-electron chi connectivity index (χ4n) is 4.65. The highest BCUT2D eigenvalue weighted by molar-refractivity contribution is 7.10. The number of morpholine rings is 1. The molecular formula is C22H28N4O2S. The van der Waals surface area contributed by atoms with E-state index < -0.39 is 0 Å². The maximum absolute atomic E-state index is 12.8. The fourth-order valence-corrected chi connectivity index (χ4v) is 5.59. The van der Waals surface area contributed by atoms with Crippen LogP contribution in [0.3, 0.4) is 0 Å². The van der Waals surface area contributed by atoms with E-state index in [9.17, 15) is 4.79 Å². The minimum absolute atomic E-state index is 0.0248. The number of carbonyl (C=O) groups excluding carboxylic acids is 1. The second-order valence-corrected chi connectivity index (χ2v) is 9.38. The second-order valence-electron chi connectivity index (χ2n) is 8.30. The highest BCUT2D eigenvalue weighted by Gasteiger charge is 2.35. The molecule has 4 saturated heterocycles. The lowest BCUT2D eigenvalue weighted by Gasteiger charge is -2.45. The molecule has 0 radical (unpaired) electrons. The lowest BCUT2D eigenvalue weighted by atomic mass is 9.84. The maximum atomic E-state index is 12.8. The van der Waals surface area contributed by atoms with E-state index in [1.165, 1.54) is 30.5 Å². The zero-order valence-corrected chi connectivity index (χ0v) is 17.5. The van der Waals surface area contributed by atoms with Crippen LogP contribution in [0.1, 0.15) is 17.7 Å². The Morgan fingerprint density at radius 3 is 2.83 bits per heavy atom. The number of amides is 2. The zero-order valence-electron chi connectivity index (χ0n) is 16.7. The third-order valence-electron chi connectivity index (χ3n) is 6.40. The molecule has 4 fully saturated rings. The summed E-state index contributed by atoms with van der Waals surface area (Å²) in [5.41, 5.74) is 0. The van der Waals surface area contributed by atoms with Crippen molar-refractivity contribution in [3.05, 3.63) is 20.7 Å². The molecule has 2 amide bonds. The number of carbonyl (C=O) groups is 1. The van der Waals surface area contributed by atoms with Crippen molar-refractivity contribution in [2.75, 3.05) is 59.0 Å². The number of hydrogen-bond acceptors (Lipinski definition) is 5. The summed E-state index contributed by atoms with van der Waals surface area (Å²) in [6, 6.07) is 2.43. The van der Waals surface area contributed by atoms with Crippen LogP contribution in [0.15, 0.2) is 6.07 Å². The van der Waals surface area contributed by atoms with Crippen molar-refractivity contribution in [3.63, 3.8) is 0 Å². The van der Waals surface area contributed by atoms with Crippen LogP contribution in [0.2, 0.25) is 0 Å². The molecule has 0 aliphatic carbocycles. The molecule has 6 rings (SSSR count). The van der Waals surface area contributed by atoms with Gasteiger partial charge in [0.2, 0.25) is 0 Å². The molecule has 6 nitrogen and oxygen atoms in total. The molecular weight excluding hydrogens is 384 g/mol. The topological polar surface area (TPSA) is 48.1 Å². The third kappa shape index (κ3) is 4.36. The number of piperidine rings is 3. The molecule has 1 aromatic heterocycles. The summed E-state index contributed by atoms with van der Waals surface area (Å²) in [6.45, 7) is 8.31. The van der Waals surface area contributed by atoms with Gasteiger partial charge in [-0.15, -0.1) is 11.3 Å². The van der Waals surface area contributed by atoms with Crippen LogP contribution in [0.4, 0.5) is 4.79 Å². The van der Waals surface area contributed by atoms with Gasteiger partial charge < -0.3 is 15.0 Å². The van der Waals surface area contributed by atoms with E-state index in [1.54, 1.807) is 16.2 Å². The van der Waals surface area contributed by atoms with Gasteiger partial charge in [0.05, 0.1) is 24.6 Å². The summed E-state index contributed by atoms with van der Waals surface area (Å²) in [7, 11) is 0. The Morgan fingerprint density at radius 1 is 1.24 bits per heavy atom. The number of thiophene rings is 1. The van der Waals surface area contributed by atoms with E-state index in [2.05, 4.69) is 39.1 Å². The van der Waals surface area contributed by atoms with Crippen molar-refractivity contribution in [2.45, 2.75) is 18.9 Å². The van der Waals surface area contributed by atoms with Crippen molar-refractivity contribution < 1.29 is 9.53 Å². The van der Waals surface area contributed by atoms with Gasteiger partial charge in [-0.05, 0) is 44.0 Å². The first-order valence-corrected chi connectivity index (χ1v) is 11.5. The number of rotatable bonds is 2. The Balaban J connectivity index is 1.22. The van der Waals surface area contributed by atoms with Crippen LogP contribution < -0.4 is 15.1 Å². The van der Waals surface area contributed by atoms with Gasteiger partial charge in [-0.25, -0.2) is 4.79 Å². The second kappa shape index (κ2) is 8.49. The van der Waals surface area contributed by atoms with Gasteiger partial charge in [0.15, 0.2) is 0 Å². The van der Waals surface area contributed by atoms with Gasteiger partial charge in [0.1, 0.15) is 0 Å². The fraction of sp³-hybridized carbons (Fsp3) is 0.591. The molecule has 1 N–H and O–H groups in total. The van der Waals surface area contributed by atoms with Crippen LogP contribution in [0.25, 0.3) is 12.3 Å². The SMILES string of the molecule is O=C(N[C@H]1CN2CCC1CC2)N1C=c2cc(C#CCN3CCOCC3)sc2=CC1. The van der Waals surface area contributed by atoms with Crippen molar-refractivity contribution in [1.82, 2.24) is 20.0 Å². The van der Waals surface area contributed by atoms with Crippen molar-refractivity contribution >= 4 is 29.6 Å². The Bertz CT molecular complexity index is 932. The molecule has 0 saturated carbocycles. The highest BCUT2D eigenvalue weighted by atomic mass is 32.1. The molecule has 0 spiro atoms. The van der Waals surface area contributed by atoms with E-state index in [4.69, 9.17) is 4.74 Å². The summed E-state index contributed by atoms with van der Waals surface area (Å²) in [5.74, 6) is 7.23. The van der Waals surface area contributed by atoms with Crippen molar-refractivity contribution in [3.8, 4) is 11.8 Å². The van der Waals surface area contributed by atoms with Crippen LogP contribution in [-0.4, -0.2) is 85.8 Å². The van der Waals surface area contributed by atoms with Crippen LogP contribution >= 0.6 is 11.3 Å². The maximum Gasteiger partial charge on any atom is 0.321 e. The lowest BCUT2D eigenvalue weighted by Crippen LogP contribution is -2.59. The number of nitrogens with zero attached hydrogens (tertiary/aromatic N) is 3. The molecule has 29 heavy (non-hydrogen) atoms. The Hall–Kier alpha value is -1.85. The standard InChI is InChI=1S/C22H28N4O2S/c27-22(23-20-16-25-7-3-17(20)4-8-25)26-9-5-21-18(15-26)14-19(29-21)2-1-6-24-10-12-28-13-11-24/h5,14-15,17,20H,3-4,6-13,16H2,(H,23,27)/t20-/m0/s1. The summed E-state index contributed by atoms with van der Waals surface area (Å²) < 4.78 is 6.59. The molecule has 154 valence electrons. The summed E-state index contributed by atoms with van der Waals surface area (Å²) in [4.78, 5) is 20.5. The Kier molecular flexibility index (Phi) is 5.60. The minimum atomic E-state index is 0.0248. The number of fused-ring (bicyclic) bond motifs is 4. The smallest absolute Gasteiger partial charge is 0.321 e. The monoisotopic (exact) mass is 412 g/mol. The normalized spacial score (nSPS) is 28.6. The first-order chi connectivity index (χ1) is 14.2. The first-order valence-electron chi connectivity index (χ1n) is 10.6. The number of ether oxygens (including phenoxy) is 1. The molecule has 0 unspecified atom stereocenters. The molecule has 2 bridgehead atoms. The van der Waals surface area contributed by atoms with Gasteiger partial charge in [0.25, 0.3) is 0 Å². The van der Waals surface area contributed by atoms with Gasteiger partial charge in [0, 0.05) is 48.2 Å². The number of hydrogen-bond donors (Lipinski definition) is 1. The van der Waals surface area contributed by atoms with E-state index >= 15 is 0 Å². The molecule has 1 aromatic rings. The van der Waals surface area contributed by atoms with Crippen LogP contribution in [0, 0.1) is 17.8 Å². The van der Waals surface area contributed by atoms with E-state index in [0.717, 1.165) is 49.5 Å². The van der Waals surface area contributed by atoms with Crippen LogP contribution in [-0.2, 0) is 4.74 Å². The molecule has 6 heterocycles. The predicted molar refractivity (Wildman–Crippen MR) is 115 cm³/mol. The largest absolute Gasteiger partial charge is 0.379 e. The van der Waals surface area contributed by atoms with Gasteiger partial charge in [-0.1, -0.05) is 11.8 Å². The zero-order chi connectivity index (χ0) is 19.6. The summed E-state index contributed by atoms with van der Waals surface area (Å²) in [6.07, 6.45) is 6.54. The van der Waals surface area contributed by atoms with E-state index in [0.29, 0.717) is 18.5 Å². The molecule has 7 heteroatoms. The lowest BCUT2D eigenvalue weighted by molar-refractivity contribution is 0.0443. The van der Waals surface area contributed by atoms with Gasteiger partial charge in [-0.3, -0.25) is 9.80 Å². The first kappa shape index (κ1) is 19.1.